The number of likely N-dealkylation sites (N-methyl/N-ethyl adjacent to an activating group) is 1. The maximum atomic E-state index is 9.07. The van der Waals surface area contributed by atoms with Gasteiger partial charge in [0.2, 0.25) is 0 Å². The van der Waals surface area contributed by atoms with Gasteiger partial charge in [-0.15, -0.1) is 0 Å². The first kappa shape index (κ1) is 39.2. The Morgan fingerprint density at radius 3 is 2.37 bits per heavy atom. The molecule has 3 aromatic rings. The maximum absolute atomic E-state index is 9.07. The minimum atomic E-state index is -0.275. The van der Waals surface area contributed by atoms with Crippen molar-refractivity contribution in [3.05, 3.63) is 151 Å². The fraction of sp³-hybridized carbons (Fsp3) is 0.279. The van der Waals surface area contributed by atoms with Crippen LogP contribution in [0.5, 0.6) is 0 Å². The summed E-state index contributed by atoms with van der Waals surface area (Å²) in [6.07, 6.45) is 13.7. The molecule has 0 bridgehead atoms. The van der Waals surface area contributed by atoms with Crippen LogP contribution in [0.25, 0.3) is 6.08 Å². The Kier molecular flexibility index (Phi) is 13.2. The van der Waals surface area contributed by atoms with E-state index in [1.807, 2.05) is 25.3 Å². The summed E-state index contributed by atoms with van der Waals surface area (Å²) < 4.78 is 2.06. The van der Waals surface area contributed by atoms with Crippen LogP contribution < -0.4 is 4.90 Å². The van der Waals surface area contributed by atoms with Crippen LogP contribution in [0.4, 0.5) is 5.69 Å². The van der Waals surface area contributed by atoms with Crippen molar-refractivity contribution in [1.82, 2.24) is 0 Å². The van der Waals surface area contributed by atoms with Crippen LogP contribution in [-0.2, 0) is 16.6 Å². The van der Waals surface area contributed by atoms with E-state index in [2.05, 4.69) is 154 Å². The molecule has 2 N–H and O–H groups in total. The van der Waals surface area contributed by atoms with E-state index in [1.165, 1.54) is 72.5 Å². The number of nitrogens with one attached hydrogen (secondary N) is 2. The van der Waals surface area contributed by atoms with E-state index >= 15 is 0 Å². The van der Waals surface area contributed by atoms with E-state index in [4.69, 9.17) is 15.8 Å². The number of fused-ring (bicyclic) bond motifs is 1. The Morgan fingerprint density at radius 2 is 1.69 bits per heavy atom. The number of benzene rings is 3. The minimum Gasteiger partial charge on any atom is -0.347 e. The molecule has 1 aliphatic carbocycles. The Morgan fingerprint density at radius 1 is 0.980 bits per heavy atom. The second-order valence-corrected chi connectivity index (χ2v) is 18.4. The fourth-order valence-corrected chi connectivity index (χ4v) is 10.8. The third kappa shape index (κ3) is 9.13. The second kappa shape index (κ2) is 17.2. The molecular formula is C43H47IN4S3. The lowest BCUT2D eigenvalue weighted by molar-refractivity contribution is 0.640. The highest BCUT2D eigenvalue weighted by molar-refractivity contribution is 14.1. The fourth-order valence-electron chi connectivity index (χ4n) is 6.81. The lowest BCUT2D eigenvalue weighted by atomic mass is 9.79. The topological polar surface area (TPSA) is 63.3 Å². The summed E-state index contributed by atoms with van der Waals surface area (Å²) in [6.45, 7) is 12.9. The lowest BCUT2D eigenvalue weighted by Gasteiger charge is -2.27. The van der Waals surface area contributed by atoms with Crippen molar-refractivity contribution in [3.8, 4) is 0 Å². The number of halogens is 1. The molecular weight excluding hydrogens is 796 g/mol. The maximum Gasteiger partial charge on any atom is 0.133 e. The summed E-state index contributed by atoms with van der Waals surface area (Å²) in [5, 5.41) is 17.8. The van der Waals surface area contributed by atoms with E-state index in [-0.39, 0.29) is 10.8 Å². The molecule has 0 radical (unpaired) electrons. The van der Waals surface area contributed by atoms with Crippen LogP contribution in [0.15, 0.2) is 130 Å². The molecule has 0 aromatic heterocycles. The van der Waals surface area contributed by atoms with Crippen LogP contribution in [0.3, 0.4) is 0 Å². The number of para-hydroxylation sites is 1. The molecule has 0 amide bonds. The smallest absolute Gasteiger partial charge is 0.133 e. The molecule has 0 unspecified atom stereocenters. The van der Waals surface area contributed by atoms with E-state index < -0.39 is 0 Å². The van der Waals surface area contributed by atoms with E-state index in [1.54, 1.807) is 0 Å². The van der Waals surface area contributed by atoms with Gasteiger partial charge in [-0.3, -0.25) is 15.8 Å². The standard InChI is InChI=1S/C43H47IN4S3/c1-8-29-20-22-30(23-21-29)28-49-40(45)51-41(46)50-39-31(24-26-37(47-6)42(2,3)33-16-9-11-18-35(33)44)14-13-15-32(39)25-27-38-43(4,5)34-17-10-12-19-36(34)48(38)7/h8-12,16-27,45-46H,1,13-15,28H2,2-7H3/b26-24+,32-25+,38-27+,45-40?,46-41?,47-37?. The molecule has 0 saturated carbocycles. The van der Waals surface area contributed by atoms with E-state index in [0.717, 1.165) is 41.0 Å². The van der Waals surface area contributed by atoms with Gasteiger partial charge in [-0.05, 0) is 111 Å². The number of hydrogen-bond donors (Lipinski definition) is 2. The monoisotopic (exact) mass is 842 g/mol. The van der Waals surface area contributed by atoms with Crippen LogP contribution in [0.2, 0.25) is 0 Å². The largest absolute Gasteiger partial charge is 0.347 e. The molecule has 1 aliphatic heterocycles. The third-order valence-corrected chi connectivity index (χ3v) is 13.8. The predicted molar refractivity (Wildman–Crippen MR) is 238 cm³/mol. The van der Waals surface area contributed by atoms with Gasteiger partial charge in [-0.1, -0.05) is 137 Å². The van der Waals surface area contributed by atoms with Crippen LogP contribution in [-0.4, -0.2) is 28.6 Å². The zero-order valence-electron chi connectivity index (χ0n) is 30.3. The highest BCUT2D eigenvalue weighted by atomic mass is 127. The summed E-state index contributed by atoms with van der Waals surface area (Å²) >= 11 is 6.60. The first-order chi connectivity index (χ1) is 24.4. The molecule has 1 heterocycles. The first-order valence-electron chi connectivity index (χ1n) is 17.1. The van der Waals surface area contributed by atoms with Crippen molar-refractivity contribution in [2.24, 2.45) is 4.99 Å². The molecule has 5 rings (SSSR count). The predicted octanol–water partition coefficient (Wildman–Crippen LogP) is 12.8. The number of anilines is 1. The quantitative estimate of drug-likeness (QED) is 0.128. The number of nitrogens with zero attached hydrogens (tertiary/aromatic N) is 2. The number of thioether (sulfide) groups is 3. The van der Waals surface area contributed by atoms with Gasteiger partial charge in [0.25, 0.3) is 0 Å². The van der Waals surface area contributed by atoms with Gasteiger partial charge in [0.05, 0.1) is 0 Å². The minimum absolute atomic E-state index is 0.120. The summed E-state index contributed by atoms with van der Waals surface area (Å²) in [5.74, 6) is 0.692. The van der Waals surface area contributed by atoms with E-state index in [0.29, 0.717) is 14.5 Å². The van der Waals surface area contributed by atoms with Crippen molar-refractivity contribution >= 4 is 84.1 Å². The van der Waals surface area contributed by atoms with Gasteiger partial charge in [-0.2, -0.15) is 0 Å². The highest BCUT2D eigenvalue weighted by Crippen LogP contribution is 2.47. The zero-order valence-corrected chi connectivity index (χ0v) is 35.0. The molecule has 8 heteroatoms. The van der Waals surface area contributed by atoms with Crippen molar-refractivity contribution < 1.29 is 0 Å². The highest BCUT2D eigenvalue weighted by Gasteiger charge is 2.38. The third-order valence-electron chi connectivity index (χ3n) is 9.69. The number of aliphatic imine (C=N–C) groups is 1. The molecule has 3 aromatic carbocycles. The van der Waals surface area contributed by atoms with Gasteiger partial charge >= 0.3 is 0 Å². The van der Waals surface area contributed by atoms with Crippen molar-refractivity contribution in [2.45, 2.75) is 63.5 Å². The van der Waals surface area contributed by atoms with Gasteiger partial charge < -0.3 is 4.90 Å². The number of hydrogen-bond acceptors (Lipinski definition) is 7. The van der Waals surface area contributed by atoms with Gasteiger partial charge in [0.15, 0.2) is 0 Å². The molecule has 0 saturated heterocycles. The molecule has 0 spiro atoms. The molecule has 264 valence electrons. The van der Waals surface area contributed by atoms with E-state index in [9.17, 15) is 0 Å². The first-order valence-corrected chi connectivity index (χ1v) is 20.8. The van der Waals surface area contributed by atoms with Crippen molar-refractivity contribution in [3.63, 3.8) is 0 Å². The van der Waals surface area contributed by atoms with Gasteiger partial charge in [0.1, 0.15) is 8.75 Å². The Balaban J connectivity index is 1.45. The summed E-state index contributed by atoms with van der Waals surface area (Å²) in [7, 11) is 4.03. The molecule has 0 fully saturated rings. The van der Waals surface area contributed by atoms with Gasteiger partial charge in [0, 0.05) is 56.2 Å². The molecule has 2 aliphatic rings. The van der Waals surface area contributed by atoms with Crippen molar-refractivity contribution in [1.29, 1.82) is 10.8 Å². The Hall–Kier alpha value is -3.05. The second-order valence-electron chi connectivity index (χ2n) is 13.7. The summed E-state index contributed by atoms with van der Waals surface area (Å²) in [4.78, 5) is 8.20. The van der Waals surface area contributed by atoms with Gasteiger partial charge in [-0.25, -0.2) is 0 Å². The number of allylic oxidation sites excluding steroid dienone is 7. The summed E-state index contributed by atoms with van der Waals surface area (Å²) in [5.41, 5.74) is 10.4. The Labute approximate surface area is 331 Å². The molecule has 51 heavy (non-hydrogen) atoms. The van der Waals surface area contributed by atoms with Crippen molar-refractivity contribution in [2.75, 3.05) is 19.0 Å². The van der Waals surface area contributed by atoms with Crippen LogP contribution >= 0.6 is 57.9 Å². The Bertz CT molecular complexity index is 1960. The average Bonchev–Trinajstić information content (AvgIpc) is 3.31. The lowest BCUT2D eigenvalue weighted by Crippen LogP contribution is -2.28. The summed E-state index contributed by atoms with van der Waals surface area (Å²) in [6, 6.07) is 25.4. The SMILES string of the molecule is C=Cc1ccc(CSC(=N)SC(=N)SC2=C(/C=C/C(=NC)C(C)(C)c3ccccc3I)CCC/C2=C\C=C2\N(C)c3ccccc3C2(C)C)cc1. The van der Waals surface area contributed by atoms with Crippen LogP contribution in [0, 0.1) is 14.4 Å². The molecule has 4 nitrogen and oxygen atoms in total. The molecule has 0 atom stereocenters. The average molecular weight is 843 g/mol. The number of rotatable bonds is 9. The zero-order chi connectivity index (χ0) is 36.8. The van der Waals surface area contributed by atoms with Crippen LogP contribution in [0.1, 0.15) is 69.2 Å². The normalized spacial score (nSPS) is 17.8.